The number of carboxylic acid groups (broad SMARTS) is 1. The highest BCUT2D eigenvalue weighted by Crippen LogP contribution is 2.28. The first-order valence-corrected chi connectivity index (χ1v) is 8.32. The standard InChI is InChI=1S/C13H12O.C9H11NO2/c1-14-13-10-6-5-9-12(13)11-7-3-2-4-8-11;10-8(9(11)12)6-7-4-2-1-3-5-7/h2-10H,1H3;1-5,8H,6,10H2,(H,11,12)/t;8-/m.0/s1. The maximum Gasteiger partial charge on any atom is 0.320 e. The lowest BCUT2D eigenvalue weighted by atomic mass is 10.1. The summed E-state index contributed by atoms with van der Waals surface area (Å²) in [7, 11) is 1.70. The van der Waals surface area contributed by atoms with E-state index in [1.165, 1.54) is 5.56 Å². The Morgan fingerprint density at radius 2 is 1.46 bits per heavy atom. The number of benzene rings is 3. The number of methoxy groups -OCH3 is 1. The van der Waals surface area contributed by atoms with E-state index in [0.29, 0.717) is 6.42 Å². The molecule has 0 bridgehead atoms. The van der Waals surface area contributed by atoms with Gasteiger partial charge in [-0.3, -0.25) is 4.79 Å². The average Bonchev–Trinajstić information content (AvgIpc) is 2.70. The first-order chi connectivity index (χ1) is 12.6. The maximum absolute atomic E-state index is 10.4. The van der Waals surface area contributed by atoms with Gasteiger partial charge in [-0.2, -0.15) is 0 Å². The number of para-hydroxylation sites is 1. The molecule has 3 aromatic rings. The van der Waals surface area contributed by atoms with Crippen LogP contribution < -0.4 is 10.5 Å². The highest BCUT2D eigenvalue weighted by Gasteiger charge is 2.10. The molecule has 0 unspecified atom stereocenters. The molecular formula is C22H23NO3. The molecule has 3 aromatic carbocycles. The molecule has 0 aromatic heterocycles. The highest BCUT2D eigenvalue weighted by atomic mass is 16.5. The Labute approximate surface area is 153 Å². The van der Waals surface area contributed by atoms with Crippen molar-refractivity contribution in [3.8, 4) is 16.9 Å². The van der Waals surface area contributed by atoms with Crippen LogP contribution in [0.2, 0.25) is 0 Å². The van der Waals surface area contributed by atoms with Crippen molar-refractivity contribution in [2.75, 3.05) is 7.11 Å². The zero-order chi connectivity index (χ0) is 18.8. The van der Waals surface area contributed by atoms with Crippen molar-refractivity contribution < 1.29 is 14.6 Å². The lowest BCUT2D eigenvalue weighted by molar-refractivity contribution is -0.138. The molecule has 0 radical (unpaired) electrons. The van der Waals surface area contributed by atoms with Crippen LogP contribution in [0, 0.1) is 0 Å². The van der Waals surface area contributed by atoms with Gasteiger partial charge in [0.2, 0.25) is 0 Å². The highest BCUT2D eigenvalue weighted by molar-refractivity contribution is 5.73. The Balaban J connectivity index is 0.000000190. The van der Waals surface area contributed by atoms with Gasteiger partial charge in [-0.1, -0.05) is 78.9 Å². The maximum atomic E-state index is 10.4. The fourth-order valence-electron chi connectivity index (χ4n) is 2.46. The van der Waals surface area contributed by atoms with Gasteiger partial charge in [0.05, 0.1) is 7.11 Å². The topological polar surface area (TPSA) is 72.5 Å². The molecule has 4 nitrogen and oxygen atoms in total. The lowest BCUT2D eigenvalue weighted by Gasteiger charge is -2.07. The molecule has 0 aliphatic rings. The minimum Gasteiger partial charge on any atom is -0.496 e. The van der Waals surface area contributed by atoms with Crippen molar-refractivity contribution in [3.63, 3.8) is 0 Å². The largest absolute Gasteiger partial charge is 0.496 e. The third-order valence-electron chi connectivity index (χ3n) is 3.81. The van der Waals surface area contributed by atoms with E-state index >= 15 is 0 Å². The second-order valence-corrected chi connectivity index (χ2v) is 5.70. The smallest absolute Gasteiger partial charge is 0.320 e. The van der Waals surface area contributed by atoms with Crippen LogP contribution in [0.25, 0.3) is 11.1 Å². The van der Waals surface area contributed by atoms with Gasteiger partial charge >= 0.3 is 5.97 Å². The summed E-state index contributed by atoms with van der Waals surface area (Å²) in [6.45, 7) is 0. The molecule has 0 heterocycles. The van der Waals surface area contributed by atoms with Gasteiger partial charge in [0.15, 0.2) is 0 Å². The second-order valence-electron chi connectivity index (χ2n) is 5.70. The van der Waals surface area contributed by atoms with Gasteiger partial charge < -0.3 is 15.6 Å². The van der Waals surface area contributed by atoms with E-state index in [4.69, 9.17) is 15.6 Å². The summed E-state index contributed by atoms with van der Waals surface area (Å²) >= 11 is 0. The van der Waals surface area contributed by atoms with Gasteiger partial charge in [-0.15, -0.1) is 0 Å². The zero-order valence-corrected chi connectivity index (χ0v) is 14.7. The van der Waals surface area contributed by atoms with Gasteiger partial charge in [-0.05, 0) is 23.6 Å². The number of hydrogen-bond donors (Lipinski definition) is 2. The lowest BCUT2D eigenvalue weighted by Crippen LogP contribution is -2.32. The van der Waals surface area contributed by atoms with E-state index in [0.717, 1.165) is 16.9 Å². The molecule has 3 rings (SSSR count). The first kappa shape index (κ1) is 19.2. The molecule has 0 fully saturated rings. The monoisotopic (exact) mass is 349 g/mol. The number of rotatable bonds is 5. The van der Waals surface area contributed by atoms with Gasteiger partial charge in [-0.25, -0.2) is 0 Å². The molecule has 26 heavy (non-hydrogen) atoms. The molecule has 0 aliphatic heterocycles. The van der Waals surface area contributed by atoms with Crippen molar-refractivity contribution in [2.24, 2.45) is 5.73 Å². The minimum atomic E-state index is -0.959. The molecule has 0 saturated carbocycles. The van der Waals surface area contributed by atoms with Crippen LogP contribution in [0.3, 0.4) is 0 Å². The van der Waals surface area contributed by atoms with E-state index in [1.54, 1.807) is 7.11 Å². The molecular weight excluding hydrogens is 326 g/mol. The average molecular weight is 349 g/mol. The van der Waals surface area contributed by atoms with Crippen molar-refractivity contribution in [1.29, 1.82) is 0 Å². The third kappa shape index (κ3) is 5.76. The van der Waals surface area contributed by atoms with E-state index in [1.807, 2.05) is 66.7 Å². The van der Waals surface area contributed by atoms with Crippen LogP contribution >= 0.6 is 0 Å². The normalized spacial score (nSPS) is 11.0. The fourth-order valence-corrected chi connectivity index (χ4v) is 2.46. The Hall–Kier alpha value is -3.11. The quantitative estimate of drug-likeness (QED) is 0.730. The third-order valence-corrected chi connectivity index (χ3v) is 3.81. The molecule has 0 amide bonds. The van der Waals surface area contributed by atoms with Gasteiger partial charge in [0, 0.05) is 5.56 Å². The molecule has 3 N–H and O–H groups in total. The van der Waals surface area contributed by atoms with E-state index in [-0.39, 0.29) is 0 Å². The zero-order valence-electron chi connectivity index (χ0n) is 14.7. The molecule has 0 aliphatic carbocycles. The SMILES string of the molecule is COc1ccccc1-c1ccccc1.N[C@@H](Cc1ccccc1)C(=O)O. The predicted molar refractivity (Wildman–Crippen MR) is 104 cm³/mol. The minimum absolute atomic E-state index is 0.385. The van der Waals surface area contributed by atoms with Crippen molar-refractivity contribution in [1.82, 2.24) is 0 Å². The Morgan fingerprint density at radius 1 is 0.923 bits per heavy atom. The predicted octanol–water partition coefficient (Wildman–Crippen LogP) is 4.00. The summed E-state index contributed by atoms with van der Waals surface area (Å²) in [6, 6.07) is 26.8. The summed E-state index contributed by atoms with van der Waals surface area (Å²) in [6.07, 6.45) is 0.385. The summed E-state index contributed by atoms with van der Waals surface area (Å²) in [5.74, 6) is -0.0439. The molecule has 0 saturated heterocycles. The van der Waals surface area contributed by atoms with E-state index in [2.05, 4.69) is 18.2 Å². The second kappa shape index (κ2) is 10.0. The number of ether oxygens (including phenoxy) is 1. The summed E-state index contributed by atoms with van der Waals surface area (Å²) in [5, 5.41) is 8.52. The van der Waals surface area contributed by atoms with Crippen molar-refractivity contribution in [3.05, 3.63) is 90.5 Å². The van der Waals surface area contributed by atoms with Gasteiger partial charge in [0.1, 0.15) is 11.8 Å². The van der Waals surface area contributed by atoms with Crippen LogP contribution in [-0.4, -0.2) is 24.2 Å². The number of nitrogens with two attached hydrogens (primary N) is 1. The number of aliphatic carboxylic acids is 1. The molecule has 0 spiro atoms. The molecule has 1 atom stereocenters. The van der Waals surface area contributed by atoms with Crippen LogP contribution in [0.4, 0.5) is 0 Å². The molecule has 134 valence electrons. The van der Waals surface area contributed by atoms with Crippen LogP contribution in [0.5, 0.6) is 5.75 Å². The van der Waals surface area contributed by atoms with Crippen molar-refractivity contribution in [2.45, 2.75) is 12.5 Å². The van der Waals surface area contributed by atoms with Crippen LogP contribution in [0.15, 0.2) is 84.9 Å². The Kier molecular flexibility index (Phi) is 7.40. The van der Waals surface area contributed by atoms with Gasteiger partial charge in [0.25, 0.3) is 0 Å². The van der Waals surface area contributed by atoms with E-state index < -0.39 is 12.0 Å². The molecule has 4 heteroatoms. The Morgan fingerprint density at radius 3 is 2.04 bits per heavy atom. The summed E-state index contributed by atoms with van der Waals surface area (Å²) in [5.41, 5.74) is 8.62. The fraction of sp³-hybridized carbons (Fsp3) is 0.136. The number of carboxylic acids is 1. The first-order valence-electron chi connectivity index (χ1n) is 8.32. The number of hydrogen-bond acceptors (Lipinski definition) is 3. The van der Waals surface area contributed by atoms with E-state index in [9.17, 15) is 4.79 Å². The summed E-state index contributed by atoms with van der Waals surface area (Å²) < 4.78 is 5.30. The van der Waals surface area contributed by atoms with Crippen molar-refractivity contribution >= 4 is 5.97 Å². The van der Waals surface area contributed by atoms with Crippen LogP contribution in [-0.2, 0) is 11.2 Å². The Bertz CT molecular complexity index is 804. The van der Waals surface area contributed by atoms with Crippen LogP contribution in [0.1, 0.15) is 5.56 Å². The number of carbonyl (C=O) groups is 1. The summed E-state index contributed by atoms with van der Waals surface area (Å²) in [4.78, 5) is 10.4.